The maximum atomic E-state index is 12.8. The Bertz CT molecular complexity index is 859. The summed E-state index contributed by atoms with van der Waals surface area (Å²) in [5.74, 6) is 1.41. The van der Waals surface area contributed by atoms with Gasteiger partial charge in [0.1, 0.15) is 5.60 Å². The number of carbonyl (C=O) groups is 1. The Balaban J connectivity index is 1.72. The second-order valence-corrected chi connectivity index (χ2v) is 8.52. The van der Waals surface area contributed by atoms with E-state index in [0.717, 1.165) is 41.7 Å². The molecule has 4 rings (SSSR count). The first-order valence-corrected chi connectivity index (χ1v) is 9.73. The number of rotatable bonds is 3. The fourth-order valence-electron chi connectivity index (χ4n) is 3.94. The fourth-order valence-corrected chi connectivity index (χ4v) is 3.94. The van der Waals surface area contributed by atoms with Gasteiger partial charge in [0.05, 0.1) is 5.52 Å². The summed E-state index contributed by atoms with van der Waals surface area (Å²) >= 11 is 0. The van der Waals surface area contributed by atoms with Crippen LogP contribution in [0.25, 0.3) is 10.9 Å². The Labute approximate surface area is 160 Å². The number of ether oxygens (including phenoxy) is 3. The van der Waals surface area contributed by atoms with Crippen molar-refractivity contribution < 1.29 is 19.0 Å². The first kappa shape index (κ1) is 18.2. The molecule has 1 fully saturated rings. The minimum absolute atomic E-state index is 0.216. The Morgan fingerprint density at radius 1 is 1.19 bits per heavy atom. The predicted octanol–water partition coefficient (Wildman–Crippen LogP) is 4.18. The number of aromatic nitrogens is 1. The molecule has 146 valence electrons. The van der Waals surface area contributed by atoms with Gasteiger partial charge in [0.25, 0.3) is 0 Å². The van der Waals surface area contributed by atoms with E-state index in [2.05, 4.69) is 11.8 Å². The number of benzene rings is 1. The molecule has 1 saturated heterocycles. The van der Waals surface area contributed by atoms with Gasteiger partial charge in [-0.05, 0) is 71.7 Å². The maximum absolute atomic E-state index is 12.8. The smallest absolute Gasteiger partial charge is 0.419 e. The first-order valence-electron chi connectivity index (χ1n) is 9.73. The first-order chi connectivity index (χ1) is 12.8. The van der Waals surface area contributed by atoms with Crippen molar-refractivity contribution in [1.82, 2.24) is 9.47 Å². The lowest BCUT2D eigenvalue weighted by atomic mass is 10.0. The average molecular weight is 372 g/mol. The van der Waals surface area contributed by atoms with Gasteiger partial charge in [0, 0.05) is 23.7 Å². The van der Waals surface area contributed by atoms with Crippen LogP contribution < -0.4 is 9.47 Å². The van der Waals surface area contributed by atoms with E-state index in [1.54, 1.807) is 4.57 Å². The second kappa shape index (κ2) is 6.75. The van der Waals surface area contributed by atoms with Gasteiger partial charge in [-0.1, -0.05) is 0 Å². The number of likely N-dealkylation sites (tertiary alicyclic amines) is 1. The molecule has 0 saturated carbocycles. The van der Waals surface area contributed by atoms with E-state index in [0.29, 0.717) is 11.8 Å². The van der Waals surface area contributed by atoms with Crippen LogP contribution in [-0.2, 0) is 11.2 Å². The topological polar surface area (TPSA) is 52.9 Å². The molecule has 2 aliphatic heterocycles. The molecular weight excluding hydrogens is 344 g/mol. The Morgan fingerprint density at radius 2 is 1.85 bits per heavy atom. The van der Waals surface area contributed by atoms with Crippen molar-refractivity contribution in [3.8, 4) is 11.5 Å². The normalized spacial score (nSPS) is 18.2. The lowest BCUT2D eigenvalue weighted by Crippen LogP contribution is -2.31. The molecule has 0 spiro atoms. The molecule has 0 aliphatic carbocycles. The largest absolute Gasteiger partial charge is 0.454 e. The third-order valence-corrected chi connectivity index (χ3v) is 5.25. The molecule has 0 radical (unpaired) electrons. The molecule has 2 aliphatic rings. The van der Waals surface area contributed by atoms with Crippen molar-refractivity contribution in [1.29, 1.82) is 0 Å². The highest BCUT2D eigenvalue weighted by atomic mass is 16.7. The number of carbonyl (C=O) groups excluding carboxylic acids is 1. The van der Waals surface area contributed by atoms with Gasteiger partial charge in [0.15, 0.2) is 11.5 Å². The number of hydrogen-bond donors (Lipinski definition) is 0. The Kier molecular flexibility index (Phi) is 4.54. The summed E-state index contributed by atoms with van der Waals surface area (Å²) in [7, 11) is 0. The monoisotopic (exact) mass is 372 g/mol. The van der Waals surface area contributed by atoms with Crippen molar-refractivity contribution in [2.24, 2.45) is 0 Å². The third kappa shape index (κ3) is 3.63. The lowest BCUT2D eigenvalue weighted by molar-refractivity contribution is 0.0544. The molecule has 0 N–H and O–H groups in total. The van der Waals surface area contributed by atoms with Crippen molar-refractivity contribution in [3.05, 3.63) is 23.9 Å². The SMILES string of the molecule is C[C@H](Cc1cn(C(=O)OC(C)(C)C)c2cc3c(cc12)OCO3)N1CCCC1. The van der Waals surface area contributed by atoms with E-state index in [1.165, 1.54) is 12.8 Å². The van der Waals surface area contributed by atoms with Crippen LogP contribution in [0.1, 0.15) is 46.1 Å². The van der Waals surface area contributed by atoms with Crippen LogP contribution in [0.2, 0.25) is 0 Å². The molecule has 3 heterocycles. The summed E-state index contributed by atoms with van der Waals surface area (Å²) in [6.07, 6.45) is 4.96. The summed E-state index contributed by atoms with van der Waals surface area (Å²) in [6.45, 7) is 10.4. The van der Waals surface area contributed by atoms with Crippen LogP contribution in [0.3, 0.4) is 0 Å². The molecule has 2 aromatic rings. The van der Waals surface area contributed by atoms with Crippen LogP contribution in [0.15, 0.2) is 18.3 Å². The van der Waals surface area contributed by atoms with Crippen LogP contribution in [0, 0.1) is 0 Å². The Morgan fingerprint density at radius 3 is 2.52 bits per heavy atom. The molecule has 6 heteroatoms. The number of hydrogen-bond acceptors (Lipinski definition) is 5. The zero-order valence-corrected chi connectivity index (χ0v) is 16.6. The fraction of sp³-hybridized carbons (Fsp3) is 0.571. The molecule has 1 atom stereocenters. The summed E-state index contributed by atoms with van der Waals surface area (Å²) in [4.78, 5) is 15.3. The van der Waals surface area contributed by atoms with Crippen molar-refractivity contribution in [2.45, 2.75) is 58.6 Å². The van der Waals surface area contributed by atoms with Gasteiger partial charge < -0.3 is 19.1 Å². The van der Waals surface area contributed by atoms with E-state index in [-0.39, 0.29) is 12.9 Å². The van der Waals surface area contributed by atoms with Crippen LogP contribution >= 0.6 is 0 Å². The molecule has 1 aromatic heterocycles. The maximum Gasteiger partial charge on any atom is 0.419 e. The van der Waals surface area contributed by atoms with Crippen molar-refractivity contribution in [2.75, 3.05) is 19.9 Å². The molecule has 6 nitrogen and oxygen atoms in total. The average Bonchev–Trinajstić information content (AvgIpc) is 3.31. The van der Waals surface area contributed by atoms with Gasteiger partial charge >= 0.3 is 6.09 Å². The minimum Gasteiger partial charge on any atom is -0.454 e. The highest BCUT2D eigenvalue weighted by molar-refractivity contribution is 5.94. The van der Waals surface area contributed by atoms with Gasteiger partial charge in [-0.2, -0.15) is 0 Å². The molecule has 0 bridgehead atoms. The van der Waals surface area contributed by atoms with Crippen LogP contribution in [0.5, 0.6) is 11.5 Å². The minimum atomic E-state index is -0.549. The van der Waals surface area contributed by atoms with E-state index < -0.39 is 5.60 Å². The van der Waals surface area contributed by atoms with E-state index in [4.69, 9.17) is 14.2 Å². The molecule has 1 aromatic carbocycles. The summed E-state index contributed by atoms with van der Waals surface area (Å²) in [6, 6.07) is 4.30. The molecular formula is C21H28N2O4. The summed E-state index contributed by atoms with van der Waals surface area (Å²) < 4.78 is 18.3. The summed E-state index contributed by atoms with van der Waals surface area (Å²) in [5.41, 5.74) is 1.39. The molecule has 0 amide bonds. The third-order valence-electron chi connectivity index (χ3n) is 5.25. The van der Waals surface area contributed by atoms with Gasteiger partial charge in [0.2, 0.25) is 6.79 Å². The zero-order chi connectivity index (χ0) is 19.2. The van der Waals surface area contributed by atoms with Crippen LogP contribution in [0.4, 0.5) is 4.79 Å². The van der Waals surface area contributed by atoms with E-state index >= 15 is 0 Å². The number of fused-ring (bicyclic) bond motifs is 2. The zero-order valence-electron chi connectivity index (χ0n) is 16.6. The predicted molar refractivity (Wildman–Crippen MR) is 104 cm³/mol. The second-order valence-electron chi connectivity index (χ2n) is 8.52. The molecule has 27 heavy (non-hydrogen) atoms. The molecule has 0 unspecified atom stereocenters. The van der Waals surface area contributed by atoms with Gasteiger partial charge in [-0.15, -0.1) is 0 Å². The quantitative estimate of drug-likeness (QED) is 0.809. The van der Waals surface area contributed by atoms with Crippen molar-refractivity contribution >= 4 is 17.0 Å². The van der Waals surface area contributed by atoms with E-state index in [1.807, 2.05) is 39.1 Å². The highest BCUT2D eigenvalue weighted by Gasteiger charge is 2.26. The van der Waals surface area contributed by atoms with Crippen LogP contribution in [-0.4, -0.2) is 47.1 Å². The van der Waals surface area contributed by atoms with Gasteiger partial charge in [-0.3, -0.25) is 4.57 Å². The lowest BCUT2D eigenvalue weighted by Gasteiger charge is -2.23. The number of nitrogens with zero attached hydrogens (tertiary/aromatic N) is 2. The van der Waals surface area contributed by atoms with Gasteiger partial charge in [-0.25, -0.2) is 4.79 Å². The van der Waals surface area contributed by atoms with E-state index in [9.17, 15) is 4.79 Å². The Hall–Kier alpha value is -2.21. The highest BCUT2D eigenvalue weighted by Crippen LogP contribution is 2.38. The van der Waals surface area contributed by atoms with Crippen molar-refractivity contribution in [3.63, 3.8) is 0 Å². The summed E-state index contributed by atoms with van der Waals surface area (Å²) in [5, 5.41) is 1.02. The standard InChI is InChI=1S/C21H28N2O4/c1-14(22-7-5-6-8-22)9-15-12-23(20(24)27-21(2,3)4)17-11-19-18(10-16(15)17)25-13-26-19/h10-12,14H,5-9,13H2,1-4H3/t14-/m1/s1.